The number of morpholine rings is 2. The number of benzene rings is 5. The van der Waals surface area contributed by atoms with Crippen LogP contribution >= 0.6 is 11.6 Å². The SMILES string of the molecule is Cc1c(-c2ccccc2S(C)(=O)=O)nc2cc(F)cc(F)c2c1Cl.Cc1c(-c2ccccc2S(C)(=O)=O)nc2cc(F)cc(F)c2c1Nc1cc(N2CCOCC2)ccc1N1CCOCC1. The number of nitrogens with zero attached hydrogens (tertiary/aromatic N) is 4. The molecule has 0 unspecified atom stereocenters. The van der Waals surface area contributed by atoms with E-state index < -0.39 is 42.9 Å². The van der Waals surface area contributed by atoms with Gasteiger partial charge in [-0.2, -0.15) is 0 Å². The van der Waals surface area contributed by atoms with Gasteiger partial charge in [0, 0.05) is 79.8 Å². The zero-order valence-electron chi connectivity index (χ0n) is 36.3. The molecule has 0 radical (unpaired) electrons. The number of aromatic nitrogens is 2. The van der Waals surface area contributed by atoms with Crippen molar-refractivity contribution in [1.29, 1.82) is 0 Å². The summed E-state index contributed by atoms with van der Waals surface area (Å²) in [6, 6.07) is 22.8. The van der Waals surface area contributed by atoms with Crippen LogP contribution in [0.5, 0.6) is 0 Å². The van der Waals surface area contributed by atoms with Crippen LogP contribution < -0.4 is 15.1 Å². The molecular weight excluding hydrogens is 918 g/mol. The van der Waals surface area contributed by atoms with Crippen molar-refractivity contribution >= 4 is 75.8 Å². The van der Waals surface area contributed by atoms with Crippen LogP contribution in [0.2, 0.25) is 5.02 Å². The van der Waals surface area contributed by atoms with Gasteiger partial charge in [0.05, 0.1) is 91.5 Å². The summed E-state index contributed by atoms with van der Waals surface area (Å²) in [7, 11) is -7.13. The Morgan fingerprint density at radius 2 is 1.08 bits per heavy atom. The first-order valence-electron chi connectivity index (χ1n) is 20.8. The van der Waals surface area contributed by atoms with E-state index in [0.29, 0.717) is 73.2 Å². The number of hydrogen-bond acceptors (Lipinski definition) is 11. The molecule has 66 heavy (non-hydrogen) atoms. The number of fused-ring (bicyclic) bond motifs is 2. The van der Waals surface area contributed by atoms with Gasteiger partial charge in [0.2, 0.25) is 0 Å². The first-order valence-corrected chi connectivity index (χ1v) is 25.0. The van der Waals surface area contributed by atoms with Gasteiger partial charge in [0.25, 0.3) is 0 Å². The molecule has 0 spiro atoms. The third-order valence-electron chi connectivity index (χ3n) is 11.5. The third kappa shape index (κ3) is 9.53. The summed E-state index contributed by atoms with van der Waals surface area (Å²) in [5, 5.41) is 3.71. The first-order chi connectivity index (χ1) is 31.4. The zero-order chi connectivity index (χ0) is 47.1. The number of nitrogens with one attached hydrogen (secondary N) is 1. The predicted octanol–water partition coefficient (Wildman–Crippen LogP) is 9.85. The van der Waals surface area contributed by atoms with Crippen LogP contribution in [0.4, 0.5) is 40.3 Å². The van der Waals surface area contributed by atoms with Gasteiger partial charge < -0.3 is 24.6 Å². The highest BCUT2D eigenvalue weighted by atomic mass is 35.5. The van der Waals surface area contributed by atoms with Crippen LogP contribution in [0.1, 0.15) is 11.1 Å². The molecule has 18 heteroatoms. The van der Waals surface area contributed by atoms with E-state index in [1.807, 2.05) is 12.1 Å². The van der Waals surface area contributed by atoms with Crippen LogP contribution in [-0.4, -0.2) is 91.9 Å². The fraction of sp³-hybridized carbons (Fsp3) is 0.250. The van der Waals surface area contributed by atoms with Gasteiger partial charge in [0.15, 0.2) is 19.7 Å². The Kier molecular flexibility index (Phi) is 13.3. The van der Waals surface area contributed by atoms with Gasteiger partial charge >= 0.3 is 0 Å². The molecule has 9 rings (SSSR count). The molecule has 2 aromatic heterocycles. The summed E-state index contributed by atoms with van der Waals surface area (Å²) in [5.74, 6) is -3.13. The van der Waals surface area contributed by atoms with E-state index in [9.17, 15) is 30.0 Å². The Hall–Kier alpha value is -5.85. The summed E-state index contributed by atoms with van der Waals surface area (Å²) in [4.78, 5) is 13.5. The standard InChI is InChI=1S/C31H32F2N4O4S.C17H12ClF2NO2S/c1-20-30(23-5-3-4-6-28(23)42(2,38)39)35-26-18-21(32)17-24(33)29(26)31(20)34-25-19-22(36-9-13-40-14-10-36)7-8-27(25)37-11-15-41-16-12-37;1-9-16(18)15-12(20)7-10(19)8-13(15)21-17(9)11-5-3-4-6-14(11)24(2,22)23/h3-8,17-19H,9-16H2,1-2H3,(H,34,35);3-8H,1-2H3. The predicted molar refractivity (Wildman–Crippen MR) is 251 cm³/mol. The minimum Gasteiger partial charge on any atom is -0.378 e. The summed E-state index contributed by atoms with van der Waals surface area (Å²) >= 11 is 6.25. The maximum atomic E-state index is 15.6. The molecule has 0 aliphatic carbocycles. The van der Waals surface area contributed by atoms with Crippen molar-refractivity contribution in [3.8, 4) is 22.5 Å². The number of halogens is 5. The quantitative estimate of drug-likeness (QED) is 0.146. The fourth-order valence-corrected chi connectivity index (χ4v) is 10.3. The Balaban J connectivity index is 0.000000209. The molecule has 2 aliphatic rings. The Morgan fingerprint density at radius 1 is 0.606 bits per heavy atom. The maximum Gasteiger partial charge on any atom is 0.176 e. The Labute approximate surface area is 384 Å². The van der Waals surface area contributed by atoms with Crippen LogP contribution in [0.15, 0.2) is 101 Å². The zero-order valence-corrected chi connectivity index (χ0v) is 38.7. The molecule has 0 bridgehead atoms. The van der Waals surface area contributed by atoms with Gasteiger partial charge in [-0.25, -0.2) is 44.4 Å². The lowest BCUT2D eigenvalue weighted by Crippen LogP contribution is -2.37. The van der Waals surface area contributed by atoms with Crippen LogP contribution in [0.3, 0.4) is 0 Å². The number of anilines is 4. The van der Waals surface area contributed by atoms with Crippen LogP contribution in [0.25, 0.3) is 44.3 Å². The van der Waals surface area contributed by atoms with Gasteiger partial charge in [-0.3, -0.25) is 0 Å². The molecule has 7 aromatic rings. The smallest absolute Gasteiger partial charge is 0.176 e. The molecule has 5 aromatic carbocycles. The lowest BCUT2D eigenvalue weighted by Gasteiger charge is -2.33. The first kappa shape index (κ1) is 46.7. The molecule has 0 saturated carbocycles. The van der Waals surface area contributed by atoms with E-state index in [1.165, 1.54) is 18.2 Å². The molecule has 0 amide bonds. The van der Waals surface area contributed by atoms with Gasteiger partial charge in [-0.05, 0) is 55.3 Å². The van der Waals surface area contributed by atoms with Crippen molar-refractivity contribution in [2.75, 3.05) is 80.2 Å². The lowest BCUT2D eigenvalue weighted by molar-refractivity contribution is 0.122. The van der Waals surface area contributed by atoms with E-state index in [-0.39, 0.29) is 42.3 Å². The van der Waals surface area contributed by atoms with E-state index in [1.54, 1.807) is 50.2 Å². The normalized spacial score (nSPS) is 14.6. The van der Waals surface area contributed by atoms with E-state index in [2.05, 4.69) is 31.2 Å². The minimum atomic E-state index is -3.62. The monoisotopic (exact) mass is 961 g/mol. The molecule has 4 heterocycles. The number of hydrogen-bond donors (Lipinski definition) is 1. The average Bonchev–Trinajstić information content (AvgIpc) is 3.28. The van der Waals surface area contributed by atoms with Crippen molar-refractivity contribution in [1.82, 2.24) is 9.97 Å². The molecule has 0 atom stereocenters. The second-order valence-corrected chi connectivity index (χ2v) is 20.3. The van der Waals surface area contributed by atoms with Gasteiger partial charge in [-0.15, -0.1) is 0 Å². The highest BCUT2D eigenvalue weighted by Crippen LogP contribution is 2.42. The van der Waals surface area contributed by atoms with Gasteiger partial charge in [-0.1, -0.05) is 48.0 Å². The molecule has 2 aliphatic heterocycles. The number of pyridine rings is 2. The van der Waals surface area contributed by atoms with Crippen molar-refractivity contribution in [3.63, 3.8) is 0 Å². The van der Waals surface area contributed by atoms with Crippen LogP contribution in [-0.2, 0) is 29.1 Å². The van der Waals surface area contributed by atoms with Crippen molar-refractivity contribution < 1.29 is 43.9 Å². The molecular formula is C48H44ClF4N5O6S2. The molecule has 2 saturated heterocycles. The highest BCUT2D eigenvalue weighted by molar-refractivity contribution is 7.91. The second-order valence-electron chi connectivity index (χ2n) is 16.0. The molecule has 11 nitrogen and oxygen atoms in total. The highest BCUT2D eigenvalue weighted by Gasteiger charge is 2.25. The van der Waals surface area contributed by atoms with E-state index >= 15 is 4.39 Å². The second kappa shape index (κ2) is 18.8. The largest absolute Gasteiger partial charge is 0.378 e. The van der Waals surface area contributed by atoms with Gasteiger partial charge in [0.1, 0.15) is 23.3 Å². The molecule has 2 fully saturated rings. The average molecular weight is 962 g/mol. The van der Waals surface area contributed by atoms with Crippen molar-refractivity contribution in [2.24, 2.45) is 0 Å². The number of sulfone groups is 2. The topological polar surface area (TPSA) is 131 Å². The van der Waals surface area contributed by atoms with E-state index in [4.69, 9.17) is 21.1 Å². The fourth-order valence-electron chi connectivity index (χ4n) is 8.28. The van der Waals surface area contributed by atoms with E-state index in [0.717, 1.165) is 60.9 Å². The maximum absolute atomic E-state index is 15.6. The molecule has 1 N–H and O–H groups in total. The van der Waals surface area contributed by atoms with Crippen molar-refractivity contribution in [2.45, 2.75) is 23.6 Å². The van der Waals surface area contributed by atoms with Crippen LogP contribution in [0, 0.1) is 37.1 Å². The lowest BCUT2D eigenvalue weighted by atomic mass is 10.0. The minimum absolute atomic E-state index is 0.0103. The number of ether oxygens (including phenoxy) is 2. The molecule has 344 valence electrons. The Bertz CT molecular complexity index is 3260. The summed E-state index contributed by atoms with van der Waals surface area (Å²) < 4.78 is 118. The summed E-state index contributed by atoms with van der Waals surface area (Å²) in [5.41, 5.74) is 5.41. The summed E-state index contributed by atoms with van der Waals surface area (Å²) in [6.45, 7) is 8.68. The summed E-state index contributed by atoms with van der Waals surface area (Å²) in [6.07, 6.45) is 2.22. The third-order valence-corrected chi connectivity index (χ3v) is 14.3. The van der Waals surface area contributed by atoms with Crippen molar-refractivity contribution in [3.05, 3.63) is 130 Å². The number of rotatable bonds is 8. The Morgan fingerprint density at radius 3 is 1.61 bits per heavy atom.